The SMILES string of the molecule is CC1(C)[C@H]2CC[C@H](C3([Si](C)(C)c4ccccc4)CC=CCS3)[C@@H]1C2. The summed E-state index contributed by atoms with van der Waals surface area (Å²) >= 11 is 2.32. The number of benzene rings is 1. The third-order valence-corrected chi connectivity index (χ3v) is 15.8. The number of rotatable bonds is 3. The van der Waals surface area contributed by atoms with E-state index in [0.29, 0.717) is 9.79 Å². The van der Waals surface area contributed by atoms with Gasteiger partial charge in [-0.15, -0.1) is 0 Å². The van der Waals surface area contributed by atoms with Crippen molar-refractivity contribution in [2.45, 2.75) is 57.0 Å². The number of allylic oxidation sites excluding steroid dienone is 1. The quantitative estimate of drug-likeness (QED) is 0.498. The summed E-state index contributed by atoms with van der Waals surface area (Å²) in [4.78, 5) is 0. The van der Waals surface area contributed by atoms with Gasteiger partial charge in [-0.05, 0) is 48.9 Å². The minimum absolute atomic E-state index is 0.483. The summed E-state index contributed by atoms with van der Waals surface area (Å²) in [5.74, 6) is 4.08. The van der Waals surface area contributed by atoms with Crippen molar-refractivity contribution < 1.29 is 0 Å². The molecule has 1 aromatic carbocycles. The van der Waals surface area contributed by atoms with Gasteiger partial charge in [0.1, 0.15) is 0 Å². The highest BCUT2D eigenvalue weighted by Gasteiger charge is 2.63. The van der Waals surface area contributed by atoms with Crippen LogP contribution in [-0.2, 0) is 0 Å². The zero-order valence-corrected chi connectivity index (χ0v) is 17.5. The van der Waals surface area contributed by atoms with Gasteiger partial charge in [0.2, 0.25) is 0 Å². The van der Waals surface area contributed by atoms with Crippen LogP contribution >= 0.6 is 11.8 Å². The fourth-order valence-electron chi connectivity index (χ4n) is 6.21. The molecule has 4 aliphatic rings. The normalized spacial score (nSPS) is 37.8. The first-order valence-electron chi connectivity index (χ1n) is 9.74. The molecule has 0 nitrogen and oxygen atoms in total. The molecule has 1 unspecified atom stereocenters. The molecule has 0 saturated heterocycles. The Balaban J connectivity index is 1.78. The zero-order valence-electron chi connectivity index (χ0n) is 15.7. The van der Waals surface area contributed by atoms with Gasteiger partial charge in [-0.1, -0.05) is 74.6 Å². The molecular weight excluding hydrogens is 324 g/mol. The molecule has 0 N–H and O–H groups in total. The lowest BCUT2D eigenvalue weighted by molar-refractivity contribution is -0.109. The molecule has 3 fully saturated rings. The molecule has 24 heavy (non-hydrogen) atoms. The molecule has 0 aromatic heterocycles. The van der Waals surface area contributed by atoms with Crippen LogP contribution in [0.5, 0.6) is 0 Å². The standard InChI is InChI=1S/C22H32SSi/c1-21(2)17-12-13-19(20(21)16-17)22(14-8-9-15-23-22)24(3,4)18-10-6-5-7-11-18/h5-11,17,19-20H,12-16H2,1-4H3/t17-,19-,20-,22?/m0/s1. The predicted octanol–water partition coefficient (Wildman–Crippen LogP) is 5.65. The molecule has 0 amide bonds. The van der Waals surface area contributed by atoms with E-state index in [1.165, 1.54) is 31.4 Å². The van der Waals surface area contributed by atoms with Gasteiger partial charge >= 0.3 is 0 Å². The first kappa shape index (κ1) is 17.0. The monoisotopic (exact) mass is 356 g/mol. The van der Waals surface area contributed by atoms with Crippen molar-refractivity contribution >= 4 is 25.0 Å². The molecular formula is C22H32SSi. The predicted molar refractivity (Wildman–Crippen MR) is 111 cm³/mol. The number of thioether (sulfide) groups is 1. The van der Waals surface area contributed by atoms with Gasteiger partial charge in [0.15, 0.2) is 0 Å². The smallest absolute Gasteiger partial charge is 0.0983 e. The van der Waals surface area contributed by atoms with E-state index in [2.05, 4.69) is 81.2 Å². The first-order valence-corrected chi connectivity index (χ1v) is 13.7. The van der Waals surface area contributed by atoms with Crippen molar-refractivity contribution in [2.75, 3.05) is 5.75 Å². The van der Waals surface area contributed by atoms with E-state index in [-0.39, 0.29) is 0 Å². The van der Waals surface area contributed by atoms with Gasteiger partial charge in [0.05, 0.1) is 8.07 Å². The average molecular weight is 357 g/mol. The van der Waals surface area contributed by atoms with E-state index in [1.54, 1.807) is 5.19 Å². The molecule has 130 valence electrons. The second-order valence-electron chi connectivity index (χ2n) is 9.41. The molecule has 0 radical (unpaired) electrons. The van der Waals surface area contributed by atoms with Crippen LogP contribution < -0.4 is 5.19 Å². The van der Waals surface area contributed by atoms with E-state index in [9.17, 15) is 0 Å². The molecule has 0 spiro atoms. The molecule has 1 heterocycles. The Bertz CT molecular complexity index is 631. The van der Waals surface area contributed by atoms with Crippen molar-refractivity contribution in [1.29, 1.82) is 0 Å². The summed E-state index contributed by atoms with van der Waals surface area (Å²) in [5, 5.41) is 1.66. The van der Waals surface area contributed by atoms with Crippen LogP contribution in [0.3, 0.4) is 0 Å². The van der Waals surface area contributed by atoms with Crippen LogP contribution in [0.2, 0.25) is 13.1 Å². The maximum atomic E-state index is 2.66. The van der Waals surface area contributed by atoms with Crippen LogP contribution in [0, 0.1) is 23.2 Å². The summed E-state index contributed by atoms with van der Waals surface area (Å²) in [6.07, 6.45) is 10.7. The van der Waals surface area contributed by atoms with Gasteiger partial charge < -0.3 is 0 Å². The van der Waals surface area contributed by atoms with Gasteiger partial charge in [-0.25, -0.2) is 0 Å². The third-order valence-electron chi connectivity index (χ3n) is 8.04. The van der Waals surface area contributed by atoms with E-state index in [1.807, 2.05) is 0 Å². The lowest BCUT2D eigenvalue weighted by Crippen LogP contribution is -2.69. The average Bonchev–Trinajstić information content (AvgIpc) is 2.62. The molecule has 3 saturated carbocycles. The molecule has 2 heteroatoms. The number of fused-ring (bicyclic) bond motifs is 2. The number of hydrogen-bond acceptors (Lipinski definition) is 1. The fourth-order valence-corrected chi connectivity index (χ4v) is 12.9. The summed E-state index contributed by atoms with van der Waals surface area (Å²) in [5.41, 5.74) is 0.582. The fraction of sp³-hybridized carbons (Fsp3) is 0.636. The molecule has 3 aliphatic carbocycles. The van der Waals surface area contributed by atoms with Crippen LogP contribution in [-0.4, -0.2) is 18.2 Å². The minimum atomic E-state index is -1.58. The Morgan fingerprint density at radius 1 is 1.00 bits per heavy atom. The largest absolute Gasteiger partial charge is 0.153 e. The summed E-state index contributed by atoms with van der Waals surface area (Å²) in [7, 11) is -1.58. The minimum Gasteiger partial charge on any atom is -0.153 e. The maximum Gasteiger partial charge on any atom is 0.0983 e. The molecule has 4 atom stereocenters. The highest BCUT2D eigenvalue weighted by atomic mass is 32.2. The molecule has 2 bridgehead atoms. The topological polar surface area (TPSA) is 0 Å². The summed E-state index contributed by atoms with van der Waals surface area (Å²) in [6, 6.07) is 11.5. The molecule has 5 rings (SSSR count). The van der Waals surface area contributed by atoms with E-state index in [4.69, 9.17) is 0 Å². The highest BCUT2D eigenvalue weighted by Crippen LogP contribution is 2.66. The summed E-state index contributed by atoms with van der Waals surface area (Å²) < 4.78 is 0.483. The van der Waals surface area contributed by atoms with Crippen molar-refractivity contribution in [3.8, 4) is 0 Å². The van der Waals surface area contributed by atoms with E-state index in [0.717, 1.165) is 17.8 Å². The Labute approximate surface area is 153 Å². The zero-order chi connectivity index (χ0) is 17.0. The van der Waals surface area contributed by atoms with Crippen molar-refractivity contribution in [3.05, 3.63) is 42.5 Å². The van der Waals surface area contributed by atoms with Crippen LogP contribution in [0.15, 0.2) is 42.5 Å². The van der Waals surface area contributed by atoms with Crippen molar-refractivity contribution in [2.24, 2.45) is 23.2 Å². The van der Waals surface area contributed by atoms with Crippen molar-refractivity contribution in [3.63, 3.8) is 0 Å². The highest BCUT2D eigenvalue weighted by molar-refractivity contribution is 8.02. The summed E-state index contributed by atoms with van der Waals surface area (Å²) in [6.45, 7) is 10.4. The number of hydrogen-bond donors (Lipinski definition) is 0. The van der Waals surface area contributed by atoms with E-state index >= 15 is 0 Å². The van der Waals surface area contributed by atoms with Crippen LogP contribution in [0.4, 0.5) is 0 Å². The second kappa shape index (κ2) is 5.77. The Morgan fingerprint density at radius 2 is 1.75 bits per heavy atom. The molecule has 1 aliphatic heterocycles. The van der Waals surface area contributed by atoms with Gasteiger partial charge in [0.25, 0.3) is 0 Å². The van der Waals surface area contributed by atoms with Gasteiger partial charge in [-0.3, -0.25) is 0 Å². The maximum absolute atomic E-state index is 2.66. The Kier molecular flexibility index (Phi) is 4.08. The van der Waals surface area contributed by atoms with Crippen LogP contribution in [0.1, 0.15) is 39.5 Å². The lowest BCUT2D eigenvalue weighted by atomic mass is 9.45. The van der Waals surface area contributed by atoms with E-state index < -0.39 is 8.07 Å². The van der Waals surface area contributed by atoms with Gasteiger partial charge in [0, 0.05) is 10.1 Å². The Hall–Kier alpha value is -0.473. The second-order valence-corrected chi connectivity index (χ2v) is 15.8. The molecule has 1 aromatic rings. The Morgan fingerprint density at radius 3 is 2.33 bits per heavy atom. The third kappa shape index (κ3) is 2.25. The van der Waals surface area contributed by atoms with Crippen LogP contribution in [0.25, 0.3) is 0 Å². The lowest BCUT2D eigenvalue weighted by Gasteiger charge is -2.66. The van der Waals surface area contributed by atoms with Crippen molar-refractivity contribution in [1.82, 2.24) is 0 Å². The van der Waals surface area contributed by atoms with Gasteiger partial charge in [-0.2, -0.15) is 11.8 Å². The first-order chi connectivity index (χ1) is 11.4.